The number of nitrogens with one attached hydrogen (secondary N) is 2. The lowest BCUT2D eigenvalue weighted by molar-refractivity contribution is 0.149. The fourth-order valence-corrected chi connectivity index (χ4v) is 1.62. The van der Waals surface area contributed by atoms with Gasteiger partial charge in [0.05, 0.1) is 0 Å². The van der Waals surface area contributed by atoms with Crippen molar-refractivity contribution in [2.24, 2.45) is 11.1 Å². The number of carbonyl (C=O) groups excluding carboxylic acids is 1. The van der Waals surface area contributed by atoms with Gasteiger partial charge >= 0.3 is 6.03 Å². The predicted octanol–water partition coefficient (Wildman–Crippen LogP) is 2.06. The van der Waals surface area contributed by atoms with E-state index in [9.17, 15) is 4.79 Å². The predicted molar refractivity (Wildman–Crippen MR) is 77.7 cm³/mol. The first-order valence-electron chi connectivity index (χ1n) is 5.85. The van der Waals surface area contributed by atoms with Crippen LogP contribution in [-0.2, 0) is 4.94 Å². The van der Waals surface area contributed by atoms with E-state index in [1.54, 1.807) is 30.4 Å². The van der Waals surface area contributed by atoms with Gasteiger partial charge in [-0.25, -0.2) is 4.79 Å². The molecule has 2 rings (SSSR count). The van der Waals surface area contributed by atoms with Gasteiger partial charge in [-0.15, -0.1) is 5.90 Å². The fraction of sp³-hybridized carbons (Fsp3) is 0. The van der Waals surface area contributed by atoms with E-state index in [1.807, 2.05) is 18.2 Å². The Labute approximate surface area is 116 Å². The summed E-state index contributed by atoms with van der Waals surface area (Å²) in [4.78, 5) is 16.0. The van der Waals surface area contributed by atoms with Gasteiger partial charge in [0, 0.05) is 11.4 Å². The average molecular weight is 270 g/mol. The molecule has 1 aliphatic carbocycles. The van der Waals surface area contributed by atoms with Crippen molar-refractivity contribution in [1.29, 1.82) is 0 Å². The summed E-state index contributed by atoms with van der Waals surface area (Å²) in [6, 6.07) is 8.81. The Balaban J connectivity index is 1.96. The van der Waals surface area contributed by atoms with Crippen LogP contribution in [0.3, 0.4) is 0 Å². The van der Waals surface area contributed by atoms with Crippen LogP contribution >= 0.6 is 0 Å². The molecule has 20 heavy (non-hydrogen) atoms. The van der Waals surface area contributed by atoms with Gasteiger partial charge in [0.1, 0.15) is 5.71 Å². The molecule has 0 radical (unpaired) electrons. The molecule has 0 spiro atoms. The normalized spacial score (nSPS) is 15.8. The first kappa shape index (κ1) is 13.6. The number of para-hydroxylation sites is 1. The summed E-state index contributed by atoms with van der Waals surface area (Å²) >= 11 is 0. The zero-order valence-electron chi connectivity index (χ0n) is 10.7. The summed E-state index contributed by atoms with van der Waals surface area (Å²) in [6.45, 7) is 3.79. The second kappa shape index (κ2) is 6.35. The van der Waals surface area contributed by atoms with Gasteiger partial charge < -0.3 is 15.6 Å². The minimum absolute atomic E-state index is 0.338. The SMILES string of the molecule is C=C1C=C(NC(=O)Nc2ccccc2)C=C/C1=N/ON. The fourth-order valence-electron chi connectivity index (χ4n) is 1.62. The maximum Gasteiger partial charge on any atom is 0.323 e. The third-order valence-electron chi connectivity index (χ3n) is 2.52. The molecule has 0 bridgehead atoms. The molecule has 0 atom stereocenters. The molecule has 0 saturated carbocycles. The molecule has 0 heterocycles. The summed E-state index contributed by atoms with van der Waals surface area (Å²) in [5.41, 5.74) is 2.40. The number of rotatable bonds is 3. The van der Waals surface area contributed by atoms with Crippen LogP contribution in [0.15, 0.2) is 71.6 Å². The number of hydrogen-bond acceptors (Lipinski definition) is 4. The molecule has 1 aliphatic rings. The van der Waals surface area contributed by atoms with E-state index in [4.69, 9.17) is 5.90 Å². The Hall–Kier alpha value is -2.86. The van der Waals surface area contributed by atoms with Crippen LogP contribution < -0.4 is 16.5 Å². The summed E-state index contributed by atoms with van der Waals surface area (Å²) in [5.74, 6) is 4.86. The van der Waals surface area contributed by atoms with E-state index >= 15 is 0 Å². The number of allylic oxidation sites excluding steroid dienone is 4. The number of carbonyl (C=O) groups is 1. The summed E-state index contributed by atoms with van der Waals surface area (Å²) in [5, 5.41) is 8.99. The number of urea groups is 1. The van der Waals surface area contributed by atoms with E-state index < -0.39 is 0 Å². The molecule has 6 heteroatoms. The number of hydrogen-bond donors (Lipinski definition) is 3. The molecule has 4 N–H and O–H groups in total. The monoisotopic (exact) mass is 270 g/mol. The number of oxime groups is 1. The number of nitrogens with zero attached hydrogens (tertiary/aromatic N) is 1. The van der Waals surface area contributed by atoms with Crippen molar-refractivity contribution in [1.82, 2.24) is 5.32 Å². The molecule has 0 fully saturated rings. The Bertz CT molecular complexity index is 603. The Morgan fingerprint density at radius 2 is 1.95 bits per heavy atom. The summed E-state index contributed by atoms with van der Waals surface area (Å²) in [7, 11) is 0. The van der Waals surface area contributed by atoms with Gasteiger partial charge in [-0.1, -0.05) is 29.9 Å². The molecule has 102 valence electrons. The van der Waals surface area contributed by atoms with Gasteiger partial charge in [0.15, 0.2) is 0 Å². The quantitative estimate of drug-likeness (QED) is 0.734. The Morgan fingerprint density at radius 1 is 1.20 bits per heavy atom. The molecular weight excluding hydrogens is 256 g/mol. The van der Waals surface area contributed by atoms with Crippen molar-refractivity contribution >= 4 is 17.4 Å². The third-order valence-corrected chi connectivity index (χ3v) is 2.52. The average Bonchev–Trinajstić information content (AvgIpc) is 2.43. The molecule has 1 aromatic rings. The Kier molecular flexibility index (Phi) is 4.31. The van der Waals surface area contributed by atoms with Crippen molar-refractivity contribution in [2.45, 2.75) is 0 Å². The zero-order chi connectivity index (χ0) is 14.4. The van der Waals surface area contributed by atoms with Crippen molar-refractivity contribution in [2.75, 3.05) is 5.32 Å². The Morgan fingerprint density at radius 3 is 2.60 bits per heavy atom. The van der Waals surface area contributed by atoms with Crippen molar-refractivity contribution < 1.29 is 9.73 Å². The zero-order valence-corrected chi connectivity index (χ0v) is 10.7. The molecule has 0 saturated heterocycles. The van der Waals surface area contributed by atoms with Crippen LogP contribution in [0.1, 0.15) is 0 Å². The van der Waals surface area contributed by atoms with Crippen LogP contribution in [-0.4, -0.2) is 11.7 Å². The van der Waals surface area contributed by atoms with Crippen LogP contribution in [0.25, 0.3) is 0 Å². The molecule has 1 aromatic carbocycles. The summed E-state index contributed by atoms with van der Waals surface area (Å²) in [6.07, 6.45) is 4.99. The highest BCUT2D eigenvalue weighted by molar-refractivity contribution is 6.11. The first-order chi connectivity index (χ1) is 9.69. The number of benzene rings is 1. The second-order valence-corrected chi connectivity index (χ2v) is 3.99. The van der Waals surface area contributed by atoms with E-state index in [-0.39, 0.29) is 6.03 Å². The van der Waals surface area contributed by atoms with Gasteiger partial charge in [-0.05, 0) is 35.9 Å². The first-order valence-corrected chi connectivity index (χ1v) is 5.85. The van der Waals surface area contributed by atoms with E-state index in [0.717, 1.165) is 0 Å². The number of amides is 2. The van der Waals surface area contributed by atoms with Gasteiger partial charge in [-0.3, -0.25) is 0 Å². The summed E-state index contributed by atoms with van der Waals surface area (Å²) < 4.78 is 0. The third kappa shape index (κ3) is 3.56. The maximum atomic E-state index is 11.8. The maximum absolute atomic E-state index is 11.8. The van der Waals surface area contributed by atoms with Crippen molar-refractivity contribution in [3.05, 3.63) is 66.4 Å². The van der Waals surface area contributed by atoms with Crippen LogP contribution in [0, 0.1) is 0 Å². The van der Waals surface area contributed by atoms with Crippen molar-refractivity contribution in [3.63, 3.8) is 0 Å². The van der Waals surface area contributed by atoms with E-state index in [1.165, 1.54) is 0 Å². The minimum atomic E-state index is -0.338. The standard InChI is InChI=1S/C14H14N4O2/c1-10-9-12(7-8-13(10)18-20-15)17-14(19)16-11-5-3-2-4-6-11/h2-9H,1,15H2,(H2,16,17,19)/b18-13-. The van der Waals surface area contributed by atoms with Gasteiger partial charge in [0.25, 0.3) is 0 Å². The molecule has 0 unspecified atom stereocenters. The van der Waals surface area contributed by atoms with Crippen LogP contribution in [0.4, 0.5) is 10.5 Å². The second-order valence-electron chi connectivity index (χ2n) is 3.99. The van der Waals surface area contributed by atoms with Gasteiger partial charge in [-0.2, -0.15) is 0 Å². The molecule has 2 amide bonds. The van der Waals surface area contributed by atoms with E-state index in [0.29, 0.717) is 22.7 Å². The topological polar surface area (TPSA) is 88.7 Å². The lowest BCUT2D eigenvalue weighted by Crippen LogP contribution is -2.28. The number of nitrogens with two attached hydrogens (primary N) is 1. The van der Waals surface area contributed by atoms with Crippen molar-refractivity contribution in [3.8, 4) is 0 Å². The largest absolute Gasteiger partial charge is 0.323 e. The molecule has 0 aliphatic heterocycles. The highest BCUT2D eigenvalue weighted by atomic mass is 16.7. The lowest BCUT2D eigenvalue weighted by atomic mass is 10.1. The molecule has 6 nitrogen and oxygen atoms in total. The molecular formula is C14H14N4O2. The number of anilines is 1. The van der Waals surface area contributed by atoms with E-state index in [2.05, 4.69) is 27.3 Å². The van der Waals surface area contributed by atoms with Gasteiger partial charge in [0.2, 0.25) is 0 Å². The van der Waals surface area contributed by atoms with Crippen LogP contribution in [0.5, 0.6) is 0 Å². The minimum Gasteiger partial charge on any atom is -0.308 e. The highest BCUT2D eigenvalue weighted by Gasteiger charge is 2.10. The molecule has 0 aromatic heterocycles. The highest BCUT2D eigenvalue weighted by Crippen LogP contribution is 2.11. The lowest BCUT2D eigenvalue weighted by Gasteiger charge is -2.12. The smallest absolute Gasteiger partial charge is 0.308 e. The van der Waals surface area contributed by atoms with Crippen LogP contribution in [0.2, 0.25) is 0 Å².